The van der Waals surface area contributed by atoms with Gasteiger partial charge in [0.05, 0.1) is 16.0 Å². The van der Waals surface area contributed by atoms with Crippen LogP contribution in [-0.2, 0) is 0 Å². The fourth-order valence-corrected chi connectivity index (χ4v) is 5.64. The topological polar surface area (TPSA) is 66.3 Å². The summed E-state index contributed by atoms with van der Waals surface area (Å²) < 4.78 is 1.84. The van der Waals surface area contributed by atoms with Gasteiger partial charge in [0.25, 0.3) is 5.91 Å². The van der Waals surface area contributed by atoms with Crippen LogP contribution in [0.25, 0.3) is 16.9 Å². The zero-order chi connectivity index (χ0) is 22.8. The summed E-state index contributed by atoms with van der Waals surface area (Å²) in [7, 11) is 2.18. The largest absolute Gasteiger partial charge is 0.350 e. The molecule has 0 unspecified atom stereocenters. The monoisotopic (exact) mass is 466 g/mol. The molecule has 1 aliphatic carbocycles. The van der Waals surface area contributed by atoms with Crippen LogP contribution in [0.3, 0.4) is 0 Å². The molecule has 4 heterocycles. The number of nitrogens with one attached hydrogen (secondary N) is 1. The number of carbonyl (C=O) groups excluding carboxylic acids is 1. The summed E-state index contributed by atoms with van der Waals surface area (Å²) in [6.07, 6.45) is 11.2. The lowest BCUT2D eigenvalue weighted by Crippen LogP contribution is -2.61. The van der Waals surface area contributed by atoms with Crippen molar-refractivity contribution in [2.75, 3.05) is 39.8 Å². The Labute approximate surface area is 199 Å². The van der Waals surface area contributed by atoms with E-state index in [1.807, 2.05) is 29.0 Å². The number of piperazine rings is 1. The molecule has 1 saturated carbocycles. The molecule has 1 amide bonds. The second-order valence-corrected chi connectivity index (χ2v) is 9.76. The van der Waals surface area contributed by atoms with Gasteiger partial charge in [-0.2, -0.15) is 0 Å². The minimum absolute atomic E-state index is 0.0383. The van der Waals surface area contributed by atoms with E-state index in [4.69, 9.17) is 11.6 Å². The smallest absolute Gasteiger partial charge is 0.253 e. The predicted molar refractivity (Wildman–Crippen MR) is 131 cm³/mol. The standard InChI is InChI=1S/C25H31ClN6O/c1-30-13-15-31(16-14-30)25(9-4-2-5-10-25)18-29-24(33)19-17-32(21-7-3-6-11-27-21)23-22(19)20(26)8-12-28-23/h3,6-8,11-12,17H,2,4-5,9-10,13-16,18H2,1H3,(H,29,33). The first-order chi connectivity index (χ1) is 16.1. The van der Waals surface area contributed by atoms with Crippen LogP contribution < -0.4 is 5.32 Å². The maximum atomic E-state index is 13.5. The summed E-state index contributed by atoms with van der Waals surface area (Å²) in [5.74, 6) is 0.598. The zero-order valence-electron chi connectivity index (χ0n) is 19.1. The molecular weight excluding hydrogens is 436 g/mol. The molecule has 33 heavy (non-hydrogen) atoms. The SMILES string of the molecule is CN1CCN(C2(CNC(=O)c3cn(-c4ccccn4)c4nccc(Cl)c34)CCCCC2)CC1. The van der Waals surface area contributed by atoms with Crippen molar-refractivity contribution in [2.24, 2.45) is 0 Å². The van der Waals surface area contributed by atoms with Gasteiger partial charge < -0.3 is 10.2 Å². The number of aromatic nitrogens is 3. The maximum absolute atomic E-state index is 13.5. The minimum Gasteiger partial charge on any atom is -0.350 e. The Kier molecular flexibility index (Phi) is 6.36. The van der Waals surface area contributed by atoms with Crippen LogP contribution in [0.4, 0.5) is 0 Å². The Morgan fingerprint density at radius 1 is 1.06 bits per heavy atom. The lowest BCUT2D eigenvalue weighted by Gasteiger charge is -2.49. The number of nitrogens with zero attached hydrogens (tertiary/aromatic N) is 5. The highest BCUT2D eigenvalue weighted by Crippen LogP contribution is 2.34. The van der Waals surface area contributed by atoms with Gasteiger partial charge in [0.2, 0.25) is 0 Å². The van der Waals surface area contributed by atoms with E-state index >= 15 is 0 Å². The first-order valence-corrected chi connectivity index (χ1v) is 12.2. The van der Waals surface area contributed by atoms with Gasteiger partial charge in [0.1, 0.15) is 11.5 Å². The van der Waals surface area contributed by atoms with E-state index < -0.39 is 0 Å². The Morgan fingerprint density at radius 3 is 2.58 bits per heavy atom. The van der Waals surface area contributed by atoms with E-state index in [1.165, 1.54) is 19.3 Å². The molecule has 0 atom stereocenters. The molecule has 2 aliphatic rings. The van der Waals surface area contributed by atoms with Crippen molar-refractivity contribution in [3.05, 3.63) is 53.4 Å². The van der Waals surface area contributed by atoms with Crippen molar-refractivity contribution in [1.29, 1.82) is 0 Å². The molecule has 0 radical (unpaired) electrons. The first-order valence-electron chi connectivity index (χ1n) is 11.9. The zero-order valence-corrected chi connectivity index (χ0v) is 19.9. The van der Waals surface area contributed by atoms with Gasteiger partial charge in [-0.3, -0.25) is 14.3 Å². The Bertz CT molecular complexity index is 1120. The number of hydrogen-bond donors (Lipinski definition) is 1. The van der Waals surface area contributed by atoms with Crippen LogP contribution in [0.1, 0.15) is 42.5 Å². The summed E-state index contributed by atoms with van der Waals surface area (Å²) in [5.41, 5.74) is 1.22. The summed E-state index contributed by atoms with van der Waals surface area (Å²) in [4.78, 5) is 27.5. The molecule has 1 saturated heterocycles. The highest BCUT2D eigenvalue weighted by Gasteiger charge is 2.39. The summed E-state index contributed by atoms with van der Waals surface area (Å²) in [6.45, 7) is 4.93. The second-order valence-electron chi connectivity index (χ2n) is 9.35. The lowest BCUT2D eigenvalue weighted by molar-refractivity contribution is 0.0139. The van der Waals surface area contributed by atoms with Crippen LogP contribution in [0.5, 0.6) is 0 Å². The summed E-state index contributed by atoms with van der Waals surface area (Å²) in [6, 6.07) is 7.41. The molecule has 1 aliphatic heterocycles. The normalized spacial score (nSPS) is 19.6. The molecule has 1 N–H and O–H groups in total. The van der Waals surface area contributed by atoms with Crippen molar-refractivity contribution >= 4 is 28.5 Å². The highest BCUT2D eigenvalue weighted by atomic mass is 35.5. The van der Waals surface area contributed by atoms with Crippen LogP contribution in [0.2, 0.25) is 5.02 Å². The van der Waals surface area contributed by atoms with Crippen LogP contribution in [0.15, 0.2) is 42.9 Å². The highest BCUT2D eigenvalue weighted by molar-refractivity contribution is 6.36. The van der Waals surface area contributed by atoms with E-state index in [1.54, 1.807) is 18.5 Å². The van der Waals surface area contributed by atoms with E-state index in [0.29, 0.717) is 34.0 Å². The van der Waals surface area contributed by atoms with Crippen molar-refractivity contribution in [2.45, 2.75) is 37.6 Å². The van der Waals surface area contributed by atoms with Crippen LogP contribution in [0, 0.1) is 0 Å². The van der Waals surface area contributed by atoms with Gasteiger partial charge in [0, 0.05) is 56.9 Å². The maximum Gasteiger partial charge on any atom is 0.253 e. The lowest BCUT2D eigenvalue weighted by atomic mass is 9.79. The predicted octanol–water partition coefficient (Wildman–Crippen LogP) is 3.75. The van der Waals surface area contributed by atoms with Gasteiger partial charge in [-0.15, -0.1) is 0 Å². The average molecular weight is 467 g/mol. The van der Waals surface area contributed by atoms with Crippen molar-refractivity contribution in [1.82, 2.24) is 29.7 Å². The molecule has 0 spiro atoms. The molecule has 8 heteroatoms. The quantitative estimate of drug-likeness (QED) is 0.620. The van der Waals surface area contributed by atoms with Gasteiger partial charge >= 0.3 is 0 Å². The molecule has 5 rings (SSSR count). The Balaban J connectivity index is 1.43. The number of pyridine rings is 2. The molecule has 0 bridgehead atoms. The summed E-state index contributed by atoms with van der Waals surface area (Å²) in [5, 5.41) is 4.47. The fourth-order valence-electron chi connectivity index (χ4n) is 5.39. The van der Waals surface area contributed by atoms with E-state index in [-0.39, 0.29) is 11.4 Å². The van der Waals surface area contributed by atoms with E-state index in [0.717, 1.165) is 39.0 Å². The van der Waals surface area contributed by atoms with Crippen molar-refractivity contribution in [3.63, 3.8) is 0 Å². The van der Waals surface area contributed by atoms with Crippen LogP contribution in [-0.4, -0.2) is 75.6 Å². The first kappa shape index (κ1) is 22.3. The van der Waals surface area contributed by atoms with Crippen LogP contribution >= 0.6 is 11.6 Å². The van der Waals surface area contributed by atoms with Gasteiger partial charge in [-0.05, 0) is 38.1 Å². The molecule has 7 nitrogen and oxygen atoms in total. The summed E-state index contributed by atoms with van der Waals surface area (Å²) >= 11 is 6.55. The minimum atomic E-state index is -0.108. The number of rotatable bonds is 5. The Hall–Kier alpha value is -2.48. The molecule has 174 valence electrons. The van der Waals surface area contributed by atoms with Gasteiger partial charge in [0.15, 0.2) is 0 Å². The number of likely N-dealkylation sites (N-methyl/N-ethyl adjacent to an activating group) is 1. The van der Waals surface area contributed by atoms with Crippen molar-refractivity contribution < 1.29 is 4.79 Å². The third-order valence-corrected chi connectivity index (χ3v) is 7.63. The Morgan fingerprint density at radius 2 is 1.85 bits per heavy atom. The fraction of sp³-hybridized carbons (Fsp3) is 0.480. The van der Waals surface area contributed by atoms with Gasteiger partial charge in [-0.25, -0.2) is 9.97 Å². The van der Waals surface area contributed by atoms with E-state index in [9.17, 15) is 4.79 Å². The number of hydrogen-bond acceptors (Lipinski definition) is 5. The third kappa shape index (κ3) is 4.37. The average Bonchev–Trinajstić information content (AvgIpc) is 3.25. The molecule has 2 fully saturated rings. The second kappa shape index (κ2) is 9.41. The van der Waals surface area contributed by atoms with E-state index in [2.05, 4.69) is 32.1 Å². The number of fused-ring (bicyclic) bond motifs is 1. The number of halogens is 1. The molecular formula is C25H31ClN6O. The molecule has 0 aromatic carbocycles. The van der Waals surface area contributed by atoms with Crippen molar-refractivity contribution in [3.8, 4) is 5.82 Å². The third-order valence-electron chi connectivity index (χ3n) is 7.31. The molecule has 3 aromatic rings. The van der Waals surface area contributed by atoms with Gasteiger partial charge in [-0.1, -0.05) is 36.9 Å². The number of amides is 1. The number of carbonyl (C=O) groups is 1. The molecule has 3 aromatic heterocycles.